The van der Waals surface area contributed by atoms with Crippen LogP contribution in [0.2, 0.25) is 0 Å². The highest BCUT2D eigenvalue weighted by molar-refractivity contribution is 14.0. The fraction of sp³-hybridized carbons (Fsp3) is 0.417. The molecule has 2 aromatic carbocycles. The number of benzene rings is 2. The van der Waals surface area contributed by atoms with Gasteiger partial charge in [0.2, 0.25) is 0 Å². The Morgan fingerprint density at radius 2 is 1.97 bits per heavy atom. The minimum absolute atomic E-state index is 0. The van der Waals surface area contributed by atoms with Gasteiger partial charge in [-0.05, 0) is 49.6 Å². The lowest BCUT2D eigenvalue weighted by Gasteiger charge is -2.20. The number of para-hydroxylation sites is 1. The Bertz CT molecular complexity index is 858. The van der Waals surface area contributed by atoms with E-state index < -0.39 is 0 Å². The number of amides is 1. The van der Waals surface area contributed by atoms with Crippen molar-refractivity contribution in [3.05, 3.63) is 65.7 Å². The number of rotatable bonds is 7. The first-order valence-electron chi connectivity index (χ1n) is 10.8. The standard InChI is InChI=1S/C24H33N5O.HI/c1-4-18(2)27-23(30)20-10-8-9-19(15-20)16-26-24(25-3)28-21-13-14-29(17-21)22-11-6-5-7-12-22;/h5-12,15,18,21H,4,13-14,16-17H2,1-3H3,(H,27,30)(H2,25,26,28);1H. The molecule has 1 amide bonds. The van der Waals surface area contributed by atoms with Crippen molar-refractivity contribution in [2.45, 2.75) is 45.3 Å². The topological polar surface area (TPSA) is 68.8 Å². The molecule has 0 aliphatic carbocycles. The fourth-order valence-corrected chi connectivity index (χ4v) is 3.56. The molecule has 1 saturated heterocycles. The second-order valence-electron chi connectivity index (χ2n) is 7.82. The van der Waals surface area contributed by atoms with Crippen molar-refractivity contribution in [3.63, 3.8) is 0 Å². The van der Waals surface area contributed by atoms with Crippen molar-refractivity contribution in [2.75, 3.05) is 25.0 Å². The highest BCUT2D eigenvalue weighted by atomic mass is 127. The van der Waals surface area contributed by atoms with Crippen molar-refractivity contribution in [1.82, 2.24) is 16.0 Å². The van der Waals surface area contributed by atoms with Crippen molar-refractivity contribution < 1.29 is 4.79 Å². The van der Waals surface area contributed by atoms with E-state index in [-0.39, 0.29) is 35.9 Å². The number of hydrogen-bond donors (Lipinski definition) is 3. The van der Waals surface area contributed by atoms with Gasteiger partial charge in [0.25, 0.3) is 5.91 Å². The van der Waals surface area contributed by atoms with Gasteiger partial charge in [-0.2, -0.15) is 0 Å². The normalized spacial score (nSPS) is 16.9. The molecule has 0 radical (unpaired) electrons. The third-order valence-corrected chi connectivity index (χ3v) is 5.51. The van der Waals surface area contributed by atoms with Gasteiger partial charge in [-0.15, -0.1) is 24.0 Å². The molecule has 0 saturated carbocycles. The van der Waals surface area contributed by atoms with Crippen LogP contribution >= 0.6 is 24.0 Å². The van der Waals surface area contributed by atoms with E-state index in [4.69, 9.17) is 0 Å². The molecule has 7 heteroatoms. The van der Waals surface area contributed by atoms with Crippen molar-refractivity contribution in [3.8, 4) is 0 Å². The monoisotopic (exact) mass is 535 g/mol. The third-order valence-electron chi connectivity index (χ3n) is 5.51. The van der Waals surface area contributed by atoms with Gasteiger partial charge < -0.3 is 20.9 Å². The molecular weight excluding hydrogens is 501 g/mol. The minimum atomic E-state index is -0.0272. The van der Waals surface area contributed by atoms with Crippen LogP contribution in [0, 0.1) is 0 Å². The molecular formula is C24H34IN5O. The highest BCUT2D eigenvalue weighted by Crippen LogP contribution is 2.19. The third kappa shape index (κ3) is 7.41. The van der Waals surface area contributed by atoms with E-state index in [1.807, 2.05) is 37.3 Å². The van der Waals surface area contributed by atoms with Crippen LogP contribution in [0.15, 0.2) is 59.6 Å². The molecule has 3 rings (SSSR count). The van der Waals surface area contributed by atoms with Crippen LogP contribution in [-0.2, 0) is 6.54 Å². The smallest absolute Gasteiger partial charge is 0.251 e. The molecule has 1 aliphatic rings. The highest BCUT2D eigenvalue weighted by Gasteiger charge is 2.23. The molecule has 0 aromatic heterocycles. The van der Waals surface area contributed by atoms with E-state index >= 15 is 0 Å². The quantitative estimate of drug-likeness (QED) is 0.287. The molecule has 3 N–H and O–H groups in total. The van der Waals surface area contributed by atoms with E-state index in [2.05, 4.69) is 57.0 Å². The summed E-state index contributed by atoms with van der Waals surface area (Å²) >= 11 is 0. The van der Waals surface area contributed by atoms with Crippen LogP contribution in [0.5, 0.6) is 0 Å². The predicted octanol–water partition coefficient (Wildman–Crippen LogP) is 3.78. The zero-order chi connectivity index (χ0) is 21.3. The molecule has 0 bridgehead atoms. The van der Waals surface area contributed by atoms with E-state index in [9.17, 15) is 4.79 Å². The zero-order valence-corrected chi connectivity index (χ0v) is 20.9. The maximum Gasteiger partial charge on any atom is 0.251 e. The Balaban J connectivity index is 0.00000341. The number of anilines is 1. The zero-order valence-electron chi connectivity index (χ0n) is 18.6. The lowest BCUT2D eigenvalue weighted by atomic mass is 10.1. The molecule has 168 valence electrons. The van der Waals surface area contributed by atoms with Crippen LogP contribution in [0.3, 0.4) is 0 Å². The molecule has 1 aliphatic heterocycles. The molecule has 31 heavy (non-hydrogen) atoms. The van der Waals surface area contributed by atoms with Gasteiger partial charge in [-0.1, -0.05) is 37.3 Å². The van der Waals surface area contributed by atoms with E-state index in [0.717, 1.165) is 37.5 Å². The van der Waals surface area contributed by atoms with Crippen molar-refractivity contribution >= 4 is 41.5 Å². The average molecular weight is 535 g/mol. The summed E-state index contributed by atoms with van der Waals surface area (Å²) in [5.74, 6) is 0.755. The van der Waals surface area contributed by atoms with Crippen molar-refractivity contribution in [2.24, 2.45) is 4.99 Å². The van der Waals surface area contributed by atoms with Gasteiger partial charge in [0.15, 0.2) is 5.96 Å². The Labute approximate surface area is 202 Å². The Kier molecular flexibility index (Phi) is 10.1. The van der Waals surface area contributed by atoms with E-state index in [0.29, 0.717) is 18.2 Å². The Hall–Kier alpha value is -2.29. The molecule has 2 atom stereocenters. The van der Waals surface area contributed by atoms with Gasteiger partial charge in [0.05, 0.1) is 0 Å². The van der Waals surface area contributed by atoms with Crippen LogP contribution in [0.4, 0.5) is 5.69 Å². The summed E-state index contributed by atoms with van der Waals surface area (Å²) in [6.07, 6.45) is 1.98. The predicted molar refractivity (Wildman–Crippen MR) is 139 cm³/mol. The first-order chi connectivity index (χ1) is 14.6. The lowest BCUT2D eigenvalue weighted by molar-refractivity contribution is 0.0939. The summed E-state index contributed by atoms with van der Waals surface area (Å²) in [6, 6.07) is 18.8. The van der Waals surface area contributed by atoms with Gasteiger partial charge in [0, 0.05) is 50.0 Å². The van der Waals surface area contributed by atoms with E-state index in [1.165, 1.54) is 5.69 Å². The molecule has 1 heterocycles. The first kappa shape index (κ1) is 25.0. The number of halogens is 1. The summed E-state index contributed by atoms with van der Waals surface area (Å²) < 4.78 is 0. The number of nitrogens with one attached hydrogen (secondary N) is 3. The van der Waals surface area contributed by atoms with E-state index in [1.54, 1.807) is 7.05 Å². The number of carbonyl (C=O) groups excluding carboxylic acids is 1. The number of guanidine groups is 1. The van der Waals surface area contributed by atoms with Crippen LogP contribution in [0.1, 0.15) is 42.6 Å². The van der Waals surface area contributed by atoms with Gasteiger partial charge in [-0.25, -0.2) is 0 Å². The SMILES string of the molecule is CCC(C)NC(=O)c1cccc(CNC(=NC)NC2CCN(c3ccccc3)C2)c1.I. The molecule has 0 spiro atoms. The second-order valence-corrected chi connectivity index (χ2v) is 7.82. The summed E-state index contributed by atoms with van der Waals surface area (Å²) in [4.78, 5) is 19.1. The summed E-state index contributed by atoms with van der Waals surface area (Å²) in [6.45, 7) is 6.68. The summed E-state index contributed by atoms with van der Waals surface area (Å²) in [7, 11) is 1.79. The second kappa shape index (κ2) is 12.5. The largest absolute Gasteiger partial charge is 0.369 e. The number of nitrogens with zero attached hydrogens (tertiary/aromatic N) is 2. The van der Waals surface area contributed by atoms with Gasteiger partial charge >= 0.3 is 0 Å². The van der Waals surface area contributed by atoms with Gasteiger partial charge in [-0.3, -0.25) is 9.79 Å². The minimum Gasteiger partial charge on any atom is -0.369 e. The maximum absolute atomic E-state index is 12.4. The average Bonchev–Trinajstić information content (AvgIpc) is 3.25. The van der Waals surface area contributed by atoms with Crippen molar-refractivity contribution in [1.29, 1.82) is 0 Å². The fourth-order valence-electron chi connectivity index (χ4n) is 3.56. The number of hydrogen-bond acceptors (Lipinski definition) is 3. The van der Waals surface area contributed by atoms with Crippen LogP contribution in [0.25, 0.3) is 0 Å². The Morgan fingerprint density at radius 1 is 1.19 bits per heavy atom. The summed E-state index contributed by atoms with van der Waals surface area (Å²) in [5.41, 5.74) is 3.00. The Morgan fingerprint density at radius 3 is 2.68 bits per heavy atom. The number of aliphatic imine (C=N–C) groups is 1. The van der Waals surface area contributed by atoms with Gasteiger partial charge in [0.1, 0.15) is 0 Å². The maximum atomic E-state index is 12.4. The van der Waals surface area contributed by atoms with Crippen LogP contribution in [-0.4, -0.2) is 44.1 Å². The summed E-state index contributed by atoms with van der Waals surface area (Å²) in [5, 5.41) is 9.91. The molecule has 2 unspecified atom stereocenters. The van der Waals surface area contributed by atoms with Crippen LogP contribution < -0.4 is 20.9 Å². The first-order valence-corrected chi connectivity index (χ1v) is 10.8. The number of carbonyl (C=O) groups is 1. The molecule has 2 aromatic rings. The molecule has 1 fully saturated rings. The lowest BCUT2D eigenvalue weighted by Crippen LogP contribution is -2.44. The molecule has 6 nitrogen and oxygen atoms in total.